The van der Waals surface area contributed by atoms with Crippen molar-refractivity contribution in [2.75, 3.05) is 26.5 Å². The van der Waals surface area contributed by atoms with Gasteiger partial charge in [0.15, 0.2) is 0 Å². The van der Waals surface area contributed by atoms with Crippen LogP contribution < -0.4 is 10.1 Å². The SMILES string of the molecule is COc1ccnc(NCc2ccc(CN(C)C)c(F)c2)n1. The number of hydrogen-bond donors (Lipinski definition) is 1. The molecule has 5 nitrogen and oxygen atoms in total. The molecule has 0 atom stereocenters. The Labute approximate surface area is 123 Å². The smallest absolute Gasteiger partial charge is 0.226 e. The van der Waals surface area contributed by atoms with Gasteiger partial charge in [-0.05, 0) is 25.7 Å². The van der Waals surface area contributed by atoms with Gasteiger partial charge < -0.3 is 15.0 Å². The van der Waals surface area contributed by atoms with Gasteiger partial charge >= 0.3 is 0 Å². The minimum atomic E-state index is -0.199. The van der Waals surface area contributed by atoms with Crippen LogP contribution in [0.1, 0.15) is 11.1 Å². The first-order valence-electron chi connectivity index (χ1n) is 6.61. The van der Waals surface area contributed by atoms with Crippen molar-refractivity contribution in [3.05, 3.63) is 47.4 Å². The first-order chi connectivity index (χ1) is 10.1. The highest BCUT2D eigenvalue weighted by Gasteiger charge is 2.05. The molecule has 21 heavy (non-hydrogen) atoms. The molecule has 0 unspecified atom stereocenters. The van der Waals surface area contributed by atoms with Crippen LogP contribution in [0.4, 0.5) is 10.3 Å². The number of hydrogen-bond acceptors (Lipinski definition) is 5. The monoisotopic (exact) mass is 290 g/mol. The molecule has 0 saturated heterocycles. The van der Waals surface area contributed by atoms with Crippen LogP contribution in [0.25, 0.3) is 0 Å². The third-order valence-electron chi connectivity index (χ3n) is 2.89. The second-order valence-electron chi connectivity index (χ2n) is 4.94. The minimum absolute atomic E-state index is 0.199. The van der Waals surface area contributed by atoms with Crippen LogP contribution in [0.15, 0.2) is 30.5 Å². The molecule has 0 aliphatic rings. The van der Waals surface area contributed by atoms with E-state index < -0.39 is 0 Å². The molecule has 0 amide bonds. The summed E-state index contributed by atoms with van der Waals surface area (Å²) in [5, 5.41) is 3.04. The van der Waals surface area contributed by atoms with E-state index >= 15 is 0 Å². The zero-order valence-electron chi connectivity index (χ0n) is 12.4. The summed E-state index contributed by atoms with van der Waals surface area (Å²) in [6.07, 6.45) is 1.61. The van der Waals surface area contributed by atoms with Gasteiger partial charge in [0.2, 0.25) is 11.8 Å². The van der Waals surface area contributed by atoms with Crippen molar-refractivity contribution in [1.82, 2.24) is 14.9 Å². The van der Waals surface area contributed by atoms with Crippen LogP contribution in [-0.2, 0) is 13.1 Å². The van der Waals surface area contributed by atoms with Crippen molar-refractivity contribution in [3.8, 4) is 5.88 Å². The van der Waals surface area contributed by atoms with E-state index in [9.17, 15) is 4.39 Å². The fourth-order valence-corrected chi connectivity index (χ4v) is 1.89. The molecule has 1 aromatic carbocycles. The summed E-state index contributed by atoms with van der Waals surface area (Å²) in [7, 11) is 5.37. The van der Waals surface area contributed by atoms with Gasteiger partial charge in [0.1, 0.15) is 5.82 Å². The van der Waals surface area contributed by atoms with Crippen molar-refractivity contribution in [2.45, 2.75) is 13.1 Å². The van der Waals surface area contributed by atoms with Crippen molar-refractivity contribution in [3.63, 3.8) is 0 Å². The second-order valence-corrected chi connectivity index (χ2v) is 4.94. The zero-order chi connectivity index (χ0) is 15.2. The maximum atomic E-state index is 13.9. The number of nitrogens with zero attached hydrogens (tertiary/aromatic N) is 3. The Balaban J connectivity index is 2.01. The van der Waals surface area contributed by atoms with Crippen LogP contribution in [0.2, 0.25) is 0 Å². The van der Waals surface area contributed by atoms with Gasteiger partial charge in [-0.15, -0.1) is 0 Å². The molecule has 0 fully saturated rings. The lowest BCUT2D eigenvalue weighted by atomic mass is 10.1. The number of rotatable bonds is 6. The number of halogens is 1. The molecule has 0 bridgehead atoms. The number of aromatic nitrogens is 2. The minimum Gasteiger partial charge on any atom is -0.481 e. The summed E-state index contributed by atoms with van der Waals surface area (Å²) in [5.41, 5.74) is 1.52. The third-order valence-corrected chi connectivity index (χ3v) is 2.89. The predicted molar refractivity (Wildman–Crippen MR) is 79.7 cm³/mol. The lowest BCUT2D eigenvalue weighted by molar-refractivity contribution is 0.392. The van der Waals surface area contributed by atoms with E-state index in [2.05, 4.69) is 15.3 Å². The van der Waals surface area contributed by atoms with Gasteiger partial charge in [0, 0.05) is 30.9 Å². The van der Waals surface area contributed by atoms with E-state index in [-0.39, 0.29) is 5.82 Å². The van der Waals surface area contributed by atoms with Crippen LogP contribution in [0.3, 0.4) is 0 Å². The first-order valence-corrected chi connectivity index (χ1v) is 6.61. The molecule has 1 N–H and O–H groups in total. The molecule has 2 rings (SSSR count). The van der Waals surface area contributed by atoms with Gasteiger partial charge in [-0.3, -0.25) is 0 Å². The largest absolute Gasteiger partial charge is 0.481 e. The molecule has 6 heteroatoms. The lowest BCUT2D eigenvalue weighted by Crippen LogP contribution is -2.12. The predicted octanol–water partition coefficient (Wildman–Crippen LogP) is 2.30. The molecule has 0 aliphatic heterocycles. The zero-order valence-corrected chi connectivity index (χ0v) is 12.4. The van der Waals surface area contributed by atoms with Crippen molar-refractivity contribution in [2.24, 2.45) is 0 Å². The van der Waals surface area contributed by atoms with E-state index in [0.29, 0.717) is 30.5 Å². The quantitative estimate of drug-likeness (QED) is 0.884. The summed E-state index contributed by atoms with van der Waals surface area (Å²) in [6.45, 7) is 1.03. The first kappa shape index (κ1) is 15.2. The fraction of sp³-hybridized carbons (Fsp3) is 0.333. The molecule has 0 saturated carbocycles. The Kier molecular flexibility index (Phi) is 5.05. The van der Waals surface area contributed by atoms with Crippen LogP contribution in [0.5, 0.6) is 5.88 Å². The van der Waals surface area contributed by atoms with Crippen LogP contribution in [-0.4, -0.2) is 36.1 Å². The Morgan fingerprint density at radius 2 is 2.10 bits per heavy atom. The molecule has 2 aromatic rings. The van der Waals surface area contributed by atoms with Crippen molar-refractivity contribution in [1.29, 1.82) is 0 Å². The summed E-state index contributed by atoms with van der Waals surface area (Å²) >= 11 is 0. The number of methoxy groups -OCH3 is 1. The maximum Gasteiger partial charge on any atom is 0.226 e. The third kappa shape index (κ3) is 4.39. The highest BCUT2D eigenvalue weighted by molar-refractivity contribution is 5.31. The van der Waals surface area contributed by atoms with Gasteiger partial charge in [0.25, 0.3) is 0 Å². The number of benzene rings is 1. The van der Waals surface area contributed by atoms with Gasteiger partial charge in [-0.25, -0.2) is 9.37 Å². The topological polar surface area (TPSA) is 50.3 Å². The van der Waals surface area contributed by atoms with Crippen LogP contribution in [0, 0.1) is 5.82 Å². The van der Waals surface area contributed by atoms with Crippen molar-refractivity contribution < 1.29 is 9.13 Å². The number of ether oxygens (including phenoxy) is 1. The molecule has 1 aromatic heterocycles. The Hall–Kier alpha value is -2.21. The second kappa shape index (κ2) is 6.99. The summed E-state index contributed by atoms with van der Waals surface area (Å²) < 4.78 is 19.0. The summed E-state index contributed by atoms with van der Waals surface area (Å²) in [6, 6.07) is 6.90. The Morgan fingerprint density at radius 1 is 1.29 bits per heavy atom. The van der Waals surface area contributed by atoms with Gasteiger partial charge in [-0.2, -0.15) is 4.98 Å². The molecular weight excluding hydrogens is 271 g/mol. The van der Waals surface area contributed by atoms with E-state index in [0.717, 1.165) is 5.56 Å². The molecule has 0 spiro atoms. The van der Waals surface area contributed by atoms with E-state index in [1.165, 1.54) is 6.07 Å². The Morgan fingerprint density at radius 3 is 2.76 bits per heavy atom. The average molecular weight is 290 g/mol. The van der Waals surface area contributed by atoms with Gasteiger partial charge in [0.05, 0.1) is 7.11 Å². The molecule has 1 heterocycles. The normalized spacial score (nSPS) is 10.7. The summed E-state index contributed by atoms with van der Waals surface area (Å²) in [4.78, 5) is 10.2. The fourth-order valence-electron chi connectivity index (χ4n) is 1.89. The molecule has 112 valence electrons. The molecular formula is C15H19FN4O. The molecule has 0 aliphatic carbocycles. The maximum absolute atomic E-state index is 13.9. The average Bonchev–Trinajstić information content (AvgIpc) is 2.47. The lowest BCUT2D eigenvalue weighted by Gasteiger charge is -2.12. The molecule has 0 radical (unpaired) electrons. The standard InChI is InChI=1S/C15H19FN4O/c1-20(2)10-12-5-4-11(8-13(12)16)9-18-15-17-7-6-14(19-15)21-3/h4-8H,9-10H2,1-3H3,(H,17,18,19). The van der Waals surface area contributed by atoms with E-state index in [4.69, 9.17) is 4.74 Å². The number of anilines is 1. The Bertz CT molecular complexity index is 604. The van der Waals surface area contributed by atoms with E-state index in [1.54, 1.807) is 25.4 Å². The van der Waals surface area contributed by atoms with E-state index in [1.807, 2.05) is 25.1 Å². The number of nitrogens with one attached hydrogen (secondary N) is 1. The highest BCUT2D eigenvalue weighted by Crippen LogP contribution is 2.14. The van der Waals surface area contributed by atoms with Crippen LogP contribution >= 0.6 is 0 Å². The highest BCUT2D eigenvalue weighted by atomic mass is 19.1. The summed E-state index contributed by atoms with van der Waals surface area (Å²) in [5.74, 6) is 0.738. The van der Waals surface area contributed by atoms with Gasteiger partial charge in [-0.1, -0.05) is 12.1 Å². The van der Waals surface area contributed by atoms with Crippen molar-refractivity contribution >= 4 is 5.95 Å².